The minimum absolute atomic E-state index is 0.250. The molecule has 0 aromatic carbocycles. The maximum Gasteiger partial charge on any atom is 0.150 e. The van der Waals surface area contributed by atoms with E-state index in [2.05, 4.69) is 4.90 Å². The highest BCUT2D eigenvalue weighted by molar-refractivity contribution is 7.91. The second-order valence-electron chi connectivity index (χ2n) is 4.56. The Kier molecular flexibility index (Phi) is 5.72. The van der Waals surface area contributed by atoms with E-state index in [-0.39, 0.29) is 12.4 Å². The van der Waals surface area contributed by atoms with Crippen LogP contribution in [0, 0.1) is 5.92 Å². The predicted molar refractivity (Wildman–Crippen MR) is 65.2 cm³/mol. The maximum atomic E-state index is 11.3. The van der Waals surface area contributed by atoms with E-state index in [0.29, 0.717) is 11.7 Å². The Labute approximate surface area is 98.6 Å². The molecule has 0 aliphatic carbocycles. The minimum atomic E-state index is -2.80. The van der Waals surface area contributed by atoms with Crippen LogP contribution in [0.15, 0.2) is 0 Å². The summed E-state index contributed by atoms with van der Waals surface area (Å²) >= 11 is 0. The molecule has 1 rings (SSSR count). The highest BCUT2D eigenvalue weighted by atomic mass is 32.2. The molecule has 96 valence electrons. The van der Waals surface area contributed by atoms with Crippen molar-refractivity contribution in [1.29, 1.82) is 0 Å². The van der Waals surface area contributed by atoms with E-state index >= 15 is 0 Å². The first-order valence-electron chi connectivity index (χ1n) is 6.11. The second-order valence-corrected chi connectivity index (χ2v) is 7.03. The van der Waals surface area contributed by atoms with Crippen molar-refractivity contribution in [3.05, 3.63) is 0 Å². The second kappa shape index (κ2) is 6.57. The molecule has 1 atom stereocenters. The molecule has 0 saturated carbocycles. The number of nitrogens with zero attached hydrogens (tertiary/aromatic N) is 1. The van der Waals surface area contributed by atoms with Gasteiger partial charge in [-0.2, -0.15) is 0 Å². The van der Waals surface area contributed by atoms with Crippen LogP contribution in [0.4, 0.5) is 0 Å². The van der Waals surface area contributed by atoms with Crippen LogP contribution in [-0.4, -0.2) is 56.2 Å². The van der Waals surface area contributed by atoms with Crippen LogP contribution in [0.5, 0.6) is 0 Å². The van der Waals surface area contributed by atoms with Gasteiger partial charge in [0.15, 0.2) is 0 Å². The Morgan fingerprint density at radius 3 is 2.81 bits per heavy atom. The summed E-state index contributed by atoms with van der Waals surface area (Å²) < 4.78 is 22.6. The molecule has 0 aromatic heterocycles. The zero-order chi connectivity index (χ0) is 12.0. The third kappa shape index (κ3) is 4.80. The van der Waals surface area contributed by atoms with Gasteiger partial charge in [0.2, 0.25) is 0 Å². The molecule has 0 bridgehead atoms. The van der Waals surface area contributed by atoms with E-state index in [1.165, 1.54) is 0 Å². The van der Waals surface area contributed by atoms with Gasteiger partial charge in [0.25, 0.3) is 0 Å². The first-order chi connectivity index (χ1) is 7.57. The van der Waals surface area contributed by atoms with Crippen molar-refractivity contribution in [3.8, 4) is 0 Å². The molecule has 16 heavy (non-hydrogen) atoms. The molecule has 1 aliphatic heterocycles. The van der Waals surface area contributed by atoms with Gasteiger partial charge in [-0.05, 0) is 38.3 Å². The Bertz CT molecular complexity index is 290. The molecule has 0 spiro atoms. The molecule has 1 aliphatic rings. The van der Waals surface area contributed by atoms with Crippen LogP contribution < -0.4 is 0 Å². The van der Waals surface area contributed by atoms with Gasteiger partial charge >= 0.3 is 0 Å². The summed E-state index contributed by atoms with van der Waals surface area (Å²) in [4.78, 5) is 2.31. The van der Waals surface area contributed by atoms with Gasteiger partial charge in [-0.15, -0.1) is 0 Å². The Morgan fingerprint density at radius 1 is 1.44 bits per heavy atom. The number of aliphatic hydroxyl groups is 1. The van der Waals surface area contributed by atoms with E-state index in [1.54, 1.807) is 6.92 Å². The van der Waals surface area contributed by atoms with E-state index < -0.39 is 9.84 Å². The van der Waals surface area contributed by atoms with Crippen LogP contribution in [0.3, 0.4) is 0 Å². The lowest BCUT2D eigenvalue weighted by molar-refractivity contribution is 0.251. The fraction of sp³-hybridized carbons (Fsp3) is 1.00. The van der Waals surface area contributed by atoms with E-state index in [1.807, 2.05) is 0 Å². The average Bonchev–Trinajstić information content (AvgIpc) is 2.66. The normalized spacial score (nSPS) is 22.8. The summed E-state index contributed by atoms with van der Waals surface area (Å²) in [5.41, 5.74) is 0. The Morgan fingerprint density at radius 2 is 2.19 bits per heavy atom. The molecular weight excluding hydrogens is 226 g/mol. The maximum absolute atomic E-state index is 11.3. The fourth-order valence-corrected chi connectivity index (χ4v) is 3.04. The quantitative estimate of drug-likeness (QED) is 0.714. The Hall–Kier alpha value is -0.130. The summed E-state index contributed by atoms with van der Waals surface area (Å²) in [5.74, 6) is 1.16. The van der Waals surface area contributed by atoms with E-state index in [0.717, 1.165) is 38.9 Å². The molecule has 1 heterocycles. The minimum Gasteiger partial charge on any atom is -0.396 e. The van der Waals surface area contributed by atoms with E-state index in [9.17, 15) is 8.42 Å². The number of hydrogen-bond acceptors (Lipinski definition) is 4. The molecule has 4 nitrogen and oxygen atoms in total. The summed E-state index contributed by atoms with van der Waals surface area (Å²) in [6.45, 7) is 4.91. The zero-order valence-corrected chi connectivity index (χ0v) is 10.9. The first kappa shape index (κ1) is 13.9. The lowest BCUT2D eigenvalue weighted by Crippen LogP contribution is -2.24. The van der Waals surface area contributed by atoms with Crippen LogP contribution in [0.1, 0.15) is 26.2 Å². The molecule has 1 saturated heterocycles. The number of rotatable bonds is 7. The van der Waals surface area contributed by atoms with E-state index in [4.69, 9.17) is 5.11 Å². The summed E-state index contributed by atoms with van der Waals surface area (Å²) in [7, 11) is -2.80. The van der Waals surface area contributed by atoms with Gasteiger partial charge in [-0.1, -0.05) is 6.92 Å². The molecule has 1 fully saturated rings. The topological polar surface area (TPSA) is 57.6 Å². The third-order valence-electron chi connectivity index (χ3n) is 3.28. The van der Waals surface area contributed by atoms with Gasteiger partial charge in [0.1, 0.15) is 9.84 Å². The van der Waals surface area contributed by atoms with Crippen LogP contribution >= 0.6 is 0 Å². The summed E-state index contributed by atoms with van der Waals surface area (Å²) in [5, 5.41) is 8.83. The van der Waals surface area contributed by atoms with Crippen LogP contribution in [0.2, 0.25) is 0 Å². The lowest BCUT2D eigenvalue weighted by Gasteiger charge is -2.15. The number of hydrogen-bond donors (Lipinski definition) is 1. The smallest absolute Gasteiger partial charge is 0.150 e. The van der Waals surface area contributed by atoms with Crippen LogP contribution in [-0.2, 0) is 9.84 Å². The molecule has 1 N–H and O–H groups in total. The standard InChI is InChI=1S/C11H23NO3S/c1-2-16(14,15)9-3-6-12-7-4-11(10-12)5-8-13/h11,13H,2-10H2,1H3. The lowest BCUT2D eigenvalue weighted by atomic mass is 10.1. The number of sulfone groups is 1. The van der Waals surface area contributed by atoms with Gasteiger partial charge in [-0.25, -0.2) is 8.42 Å². The zero-order valence-electron chi connectivity index (χ0n) is 10.1. The average molecular weight is 249 g/mol. The Balaban J connectivity index is 2.16. The van der Waals surface area contributed by atoms with Crippen LogP contribution in [0.25, 0.3) is 0 Å². The number of aliphatic hydroxyl groups excluding tert-OH is 1. The van der Waals surface area contributed by atoms with Crippen molar-refractivity contribution < 1.29 is 13.5 Å². The molecule has 5 heteroatoms. The van der Waals surface area contributed by atoms with Gasteiger partial charge in [0.05, 0.1) is 5.75 Å². The monoisotopic (exact) mass is 249 g/mol. The van der Waals surface area contributed by atoms with Crippen molar-refractivity contribution in [2.45, 2.75) is 26.2 Å². The predicted octanol–water partition coefficient (Wildman–Crippen LogP) is 0.515. The molecular formula is C11H23NO3S. The van der Waals surface area contributed by atoms with Gasteiger partial charge in [-0.3, -0.25) is 0 Å². The molecule has 0 radical (unpaired) electrons. The molecule has 0 aromatic rings. The highest BCUT2D eigenvalue weighted by Crippen LogP contribution is 2.19. The first-order valence-corrected chi connectivity index (χ1v) is 7.93. The fourth-order valence-electron chi connectivity index (χ4n) is 2.19. The SMILES string of the molecule is CCS(=O)(=O)CCCN1CCC(CCO)C1. The van der Waals surface area contributed by atoms with Crippen molar-refractivity contribution in [2.75, 3.05) is 37.7 Å². The van der Waals surface area contributed by atoms with Crippen molar-refractivity contribution in [3.63, 3.8) is 0 Å². The largest absolute Gasteiger partial charge is 0.396 e. The number of likely N-dealkylation sites (tertiary alicyclic amines) is 1. The van der Waals surface area contributed by atoms with Crippen molar-refractivity contribution >= 4 is 9.84 Å². The van der Waals surface area contributed by atoms with Gasteiger partial charge in [0, 0.05) is 18.9 Å². The van der Waals surface area contributed by atoms with Gasteiger partial charge < -0.3 is 10.0 Å². The van der Waals surface area contributed by atoms with Crippen molar-refractivity contribution in [1.82, 2.24) is 4.90 Å². The molecule has 1 unspecified atom stereocenters. The summed E-state index contributed by atoms with van der Waals surface area (Å²) in [6, 6.07) is 0. The summed E-state index contributed by atoms with van der Waals surface area (Å²) in [6.07, 6.45) is 2.76. The highest BCUT2D eigenvalue weighted by Gasteiger charge is 2.21. The van der Waals surface area contributed by atoms with Crippen molar-refractivity contribution in [2.24, 2.45) is 5.92 Å². The molecule has 0 amide bonds. The third-order valence-corrected chi connectivity index (χ3v) is 5.07.